The quantitative estimate of drug-likeness (QED) is 0.634. The Kier molecular flexibility index (Phi) is 4.13. The highest BCUT2D eigenvalue weighted by atomic mass is 19.4. The summed E-state index contributed by atoms with van der Waals surface area (Å²) in [6.45, 7) is 0. The van der Waals surface area contributed by atoms with Crippen molar-refractivity contribution in [2.24, 2.45) is 0 Å². The summed E-state index contributed by atoms with van der Waals surface area (Å²) in [6.07, 6.45) is -14.3. The number of hydrogen-bond donors (Lipinski definition) is 1. The van der Waals surface area contributed by atoms with Crippen LogP contribution in [0.2, 0.25) is 0 Å². The summed E-state index contributed by atoms with van der Waals surface area (Å²) in [5, 5.41) is 0. The molecule has 0 atom stereocenters. The minimum atomic E-state index is -6.72. The van der Waals surface area contributed by atoms with Gasteiger partial charge in [0.25, 0.3) is 0 Å². The molecule has 0 rings (SSSR count). The van der Waals surface area contributed by atoms with E-state index in [-0.39, 0.29) is 5.54 Å². The Balaban J connectivity index is 5.22. The molecule has 0 aromatic carbocycles. The fourth-order valence-corrected chi connectivity index (χ4v) is 0.531. The Morgan fingerprint density at radius 1 is 1.06 bits per heavy atom. The Hall–Kier alpha value is -1.36. The van der Waals surface area contributed by atoms with Crippen molar-refractivity contribution in [2.75, 3.05) is 0 Å². The molecule has 17 heavy (non-hydrogen) atoms. The first kappa shape index (κ1) is 15.6. The van der Waals surface area contributed by atoms with E-state index in [0.717, 1.165) is 0 Å². The molecule has 0 aliphatic rings. The largest absolute Gasteiger partial charge is 0.474 e. The Bertz CT molecular complexity index is 291. The van der Waals surface area contributed by atoms with E-state index in [1.165, 1.54) is 0 Å². The third-order valence-corrected chi connectivity index (χ3v) is 1.36. The molecule has 0 aliphatic heterocycles. The third-order valence-electron chi connectivity index (χ3n) is 1.36. The second-order valence-corrected chi connectivity index (χ2v) is 2.50. The number of halogens is 9. The molecule has 3 nitrogen and oxygen atoms in total. The number of carbonyl (C=O) groups excluding carboxylic acids is 1. The van der Waals surface area contributed by atoms with E-state index in [1.54, 1.807) is 0 Å². The van der Waals surface area contributed by atoms with Crippen molar-refractivity contribution >= 4 is 6.09 Å². The number of rotatable bonds is 4. The second kappa shape index (κ2) is 4.49. The molecular formula is C5H2F9NO2. The molecule has 1 amide bonds. The lowest BCUT2D eigenvalue weighted by atomic mass is 10.1. The zero-order chi connectivity index (χ0) is 14.1. The van der Waals surface area contributed by atoms with Crippen molar-refractivity contribution in [3.8, 4) is 0 Å². The highest BCUT2D eigenvalue weighted by molar-refractivity contribution is 5.66. The number of ether oxygens (including phenoxy) is 1. The van der Waals surface area contributed by atoms with Crippen molar-refractivity contribution in [2.45, 2.75) is 24.4 Å². The molecule has 0 aromatic rings. The maximum absolute atomic E-state index is 12.3. The van der Waals surface area contributed by atoms with Crippen LogP contribution in [0.3, 0.4) is 0 Å². The number of nitrogens with one attached hydrogen (secondary N) is 1. The molecule has 0 bridgehead atoms. The highest BCUT2D eigenvalue weighted by Gasteiger charge is 2.78. The maximum atomic E-state index is 12.3. The van der Waals surface area contributed by atoms with Gasteiger partial charge < -0.3 is 4.74 Å². The molecule has 0 saturated carbocycles. The minimum absolute atomic E-state index is 0.233. The summed E-state index contributed by atoms with van der Waals surface area (Å²) in [5.74, 6) is -13.2. The lowest BCUT2D eigenvalue weighted by molar-refractivity contribution is -0.397. The van der Waals surface area contributed by atoms with E-state index in [4.69, 9.17) is 0 Å². The normalized spacial score (nSPS) is 13.8. The van der Waals surface area contributed by atoms with Gasteiger partial charge in [-0.1, -0.05) is 4.48 Å². The van der Waals surface area contributed by atoms with Crippen molar-refractivity contribution in [1.29, 1.82) is 0 Å². The molecular weight excluding hydrogens is 277 g/mol. The molecule has 0 radical (unpaired) electrons. The van der Waals surface area contributed by atoms with Gasteiger partial charge in [-0.15, -0.1) is 0 Å². The van der Waals surface area contributed by atoms with Crippen LogP contribution in [0, 0.1) is 0 Å². The van der Waals surface area contributed by atoms with Crippen molar-refractivity contribution in [3.63, 3.8) is 0 Å². The third kappa shape index (κ3) is 2.66. The summed E-state index contributed by atoms with van der Waals surface area (Å²) in [4.78, 5) is 9.82. The monoisotopic (exact) mass is 279 g/mol. The summed E-state index contributed by atoms with van der Waals surface area (Å²) in [5.41, 5.74) is -0.233. The molecule has 0 spiro atoms. The lowest BCUT2D eigenvalue weighted by Gasteiger charge is -2.30. The van der Waals surface area contributed by atoms with E-state index in [2.05, 4.69) is 4.74 Å². The van der Waals surface area contributed by atoms with E-state index >= 15 is 0 Å². The second-order valence-electron chi connectivity index (χ2n) is 2.50. The molecule has 12 heteroatoms. The number of alkyl halides is 8. The van der Waals surface area contributed by atoms with E-state index in [1.807, 2.05) is 0 Å². The predicted molar refractivity (Wildman–Crippen MR) is 31.6 cm³/mol. The molecule has 0 fully saturated rings. The average molecular weight is 279 g/mol. The summed E-state index contributed by atoms with van der Waals surface area (Å²) < 4.78 is 110. The number of amides is 1. The average Bonchev–Trinajstić information content (AvgIpc) is 2.15. The van der Waals surface area contributed by atoms with Crippen molar-refractivity contribution < 1.29 is 49.1 Å². The first-order valence-corrected chi connectivity index (χ1v) is 3.41. The minimum Gasteiger partial charge on any atom is -0.377 e. The molecule has 1 N–H and O–H groups in total. The predicted octanol–water partition coefficient (Wildman–Crippen LogP) is 2.73. The molecule has 0 unspecified atom stereocenters. The molecule has 0 saturated heterocycles. The molecule has 0 aliphatic carbocycles. The Labute approximate surface area is 86.4 Å². The summed E-state index contributed by atoms with van der Waals surface area (Å²) in [7, 11) is 0. The molecule has 0 aromatic heterocycles. The van der Waals surface area contributed by atoms with Gasteiger partial charge in [-0.2, -0.15) is 31.9 Å². The standard InChI is InChI=1S/C5H2F9NO2/c6-1(7)3(8,9)4(10,11)5(12,13)17-2(16)15-14/h1H,(H,15,16). The zero-order valence-corrected chi connectivity index (χ0v) is 7.30. The van der Waals surface area contributed by atoms with E-state index in [0.29, 0.717) is 0 Å². The Morgan fingerprint density at radius 2 is 1.47 bits per heavy atom. The van der Waals surface area contributed by atoms with Crippen LogP contribution in [0.4, 0.5) is 44.4 Å². The summed E-state index contributed by atoms with van der Waals surface area (Å²) >= 11 is 0. The van der Waals surface area contributed by atoms with Crippen LogP contribution >= 0.6 is 0 Å². The van der Waals surface area contributed by atoms with Gasteiger partial charge in [0.05, 0.1) is 0 Å². The lowest BCUT2D eigenvalue weighted by Crippen LogP contribution is -2.59. The molecule has 102 valence electrons. The van der Waals surface area contributed by atoms with Crippen LogP contribution in [-0.4, -0.2) is 30.5 Å². The van der Waals surface area contributed by atoms with Gasteiger partial charge in [-0.05, 0) is 0 Å². The van der Waals surface area contributed by atoms with E-state index < -0.39 is 30.5 Å². The van der Waals surface area contributed by atoms with Crippen LogP contribution in [-0.2, 0) is 4.74 Å². The first-order chi connectivity index (χ1) is 7.40. The van der Waals surface area contributed by atoms with Crippen LogP contribution in [0.25, 0.3) is 0 Å². The van der Waals surface area contributed by atoms with Crippen LogP contribution in [0.5, 0.6) is 0 Å². The van der Waals surface area contributed by atoms with Gasteiger partial charge in [0.1, 0.15) is 0 Å². The van der Waals surface area contributed by atoms with Crippen molar-refractivity contribution in [1.82, 2.24) is 5.54 Å². The van der Waals surface area contributed by atoms with Gasteiger partial charge in [-0.25, -0.2) is 13.6 Å². The van der Waals surface area contributed by atoms with Crippen LogP contribution < -0.4 is 5.54 Å². The topological polar surface area (TPSA) is 38.3 Å². The number of hydrogen-bond acceptors (Lipinski definition) is 2. The van der Waals surface area contributed by atoms with Crippen molar-refractivity contribution in [3.05, 3.63) is 0 Å². The fraction of sp³-hybridized carbons (Fsp3) is 0.800. The SMILES string of the molecule is O=C(NF)OC(F)(F)C(F)(F)C(F)(F)C(F)F. The fourth-order valence-electron chi connectivity index (χ4n) is 0.531. The van der Waals surface area contributed by atoms with Crippen LogP contribution in [0.15, 0.2) is 0 Å². The van der Waals surface area contributed by atoms with Gasteiger partial charge in [0.15, 0.2) is 0 Å². The molecule has 0 heterocycles. The first-order valence-electron chi connectivity index (χ1n) is 3.41. The van der Waals surface area contributed by atoms with Crippen LogP contribution in [0.1, 0.15) is 0 Å². The highest BCUT2D eigenvalue weighted by Crippen LogP contribution is 2.48. The van der Waals surface area contributed by atoms with Gasteiger partial charge >= 0.3 is 30.5 Å². The maximum Gasteiger partial charge on any atom is 0.474 e. The van der Waals surface area contributed by atoms with Gasteiger partial charge in [0.2, 0.25) is 0 Å². The summed E-state index contributed by atoms with van der Waals surface area (Å²) in [6, 6.07) is 0. The smallest absolute Gasteiger partial charge is 0.377 e. The Morgan fingerprint density at radius 3 is 1.76 bits per heavy atom. The van der Waals surface area contributed by atoms with Gasteiger partial charge in [-0.3, -0.25) is 0 Å². The zero-order valence-electron chi connectivity index (χ0n) is 7.30. The van der Waals surface area contributed by atoms with E-state index in [9.17, 15) is 44.4 Å². The number of carbonyl (C=O) groups is 1. The van der Waals surface area contributed by atoms with Gasteiger partial charge in [0, 0.05) is 0 Å².